The number of hydrogen-bond acceptors (Lipinski definition) is 4. The minimum absolute atomic E-state index is 0.0285. The smallest absolute Gasteiger partial charge is 0.246 e. The van der Waals surface area contributed by atoms with Gasteiger partial charge in [-0.2, -0.15) is 0 Å². The monoisotopic (exact) mass is 474 g/mol. The average molecular weight is 475 g/mol. The molecule has 0 unspecified atom stereocenters. The summed E-state index contributed by atoms with van der Waals surface area (Å²) >= 11 is 0. The van der Waals surface area contributed by atoms with Gasteiger partial charge in [0.2, 0.25) is 17.8 Å². The highest BCUT2D eigenvalue weighted by Gasteiger charge is 2.28. The van der Waals surface area contributed by atoms with E-state index >= 15 is 0 Å². The lowest BCUT2D eigenvalue weighted by Gasteiger charge is -2.23. The lowest BCUT2D eigenvalue weighted by Crippen LogP contribution is -2.40. The number of aryl methyl sites for hydroxylation is 1. The van der Waals surface area contributed by atoms with Crippen LogP contribution in [0.25, 0.3) is 16.9 Å². The van der Waals surface area contributed by atoms with E-state index in [1.807, 2.05) is 80.1 Å². The van der Waals surface area contributed by atoms with Gasteiger partial charge in [0.1, 0.15) is 5.75 Å². The molecule has 0 atom stereocenters. The second kappa shape index (κ2) is 10.8. The van der Waals surface area contributed by atoms with Crippen molar-refractivity contribution in [2.24, 2.45) is 11.8 Å². The van der Waals surface area contributed by atoms with Crippen LogP contribution in [0, 0.1) is 18.8 Å². The molecule has 0 aliphatic heterocycles. The van der Waals surface area contributed by atoms with Gasteiger partial charge in [0.15, 0.2) is 0 Å². The summed E-state index contributed by atoms with van der Waals surface area (Å²) in [5.74, 6) is 1.73. The summed E-state index contributed by atoms with van der Waals surface area (Å²) in [4.78, 5) is 32.3. The molecule has 7 heteroatoms. The molecule has 3 aromatic rings. The molecule has 0 radical (unpaired) electrons. The van der Waals surface area contributed by atoms with Gasteiger partial charge in [-0.3, -0.25) is 19.5 Å². The predicted octanol–water partition coefficient (Wildman–Crippen LogP) is 5.08. The van der Waals surface area contributed by atoms with Gasteiger partial charge in [0.05, 0.1) is 19.3 Å². The number of carbonyl (C=O) groups is 2. The summed E-state index contributed by atoms with van der Waals surface area (Å²) in [7, 11) is 1.63. The Hall–Kier alpha value is -3.61. The fourth-order valence-corrected chi connectivity index (χ4v) is 3.95. The Kier molecular flexibility index (Phi) is 7.54. The third kappa shape index (κ3) is 6.50. The Morgan fingerprint density at radius 3 is 2.40 bits per heavy atom. The summed E-state index contributed by atoms with van der Waals surface area (Å²) in [6.45, 7) is 6.74. The number of imidazole rings is 1. The third-order valence-electron chi connectivity index (χ3n) is 6.10. The van der Waals surface area contributed by atoms with Crippen LogP contribution in [0.15, 0.2) is 54.7 Å². The van der Waals surface area contributed by atoms with Crippen molar-refractivity contribution in [3.63, 3.8) is 0 Å². The van der Waals surface area contributed by atoms with Crippen molar-refractivity contribution < 1.29 is 14.3 Å². The van der Waals surface area contributed by atoms with Crippen LogP contribution in [0.4, 0.5) is 5.95 Å². The van der Waals surface area contributed by atoms with Gasteiger partial charge in [-0.05, 0) is 68.0 Å². The van der Waals surface area contributed by atoms with E-state index in [2.05, 4.69) is 5.32 Å². The number of ether oxygens (including phenoxy) is 1. The van der Waals surface area contributed by atoms with Crippen molar-refractivity contribution in [1.82, 2.24) is 14.5 Å². The summed E-state index contributed by atoms with van der Waals surface area (Å²) < 4.78 is 7.14. The fourth-order valence-electron chi connectivity index (χ4n) is 3.95. The molecule has 7 nitrogen and oxygen atoms in total. The normalized spacial score (nSPS) is 13.1. The summed E-state index contributed by atoms with van der Waals surface area (Å²) in [6.07, 6.45) is 4.60. The first kappa shape index (κ1) is 24.5. The van der Waals surface area contributed by atoms with E-state index in [0.29, 0.717) is 24.8 Å². The standard InChI is InChI=1S/C28H34N4O3/c1-19(2)15-27(34)31(16-21-7-8-21)18-26(33)30-28-29-25(22-9-13-24(35-4)14-10-22)17-32(28)23-11-5-20(3)6-12-23/h5-6,9-14,17,19,21H,7-8,15-16,18H2,1-4H3,(H,29,30,33). The molecule has 2 amide bonds. The zero-order chi connectivity index (χ0) is 24.9. The number of anilines is 1. The molecule has 4 rings (SSSR count). The van der Waals surface area contributed by atoms with Crippen LogP contribution < -0.4 is 10.1 Å². The molecule has 184 valence electrons. The molecule has 0 spiro atoms. The van der Waals surface area contributed by atoms with Crippen LogP contribution in [-0.2, 0) is 9.59 Å². The maximum atomic E-state index is 13.1. The van der Waals surface area contributed by atoms with Crippen LogP contribution in [0.3, 0.4) is 0 Å². The van der Waals surface area contributed by atoms with E-state index in [-0.39, 0.29) is 24.3 Å². The Labute approximate surface area is 207 Å². The van der Waals surface area contributed by atoms with Crippen LogP contribution in [0.5, 0.6) is 5.75 Å². The first-order valence-corrected chi connectivity index (χ1v) is 12.2. The maximum Gasteiger partial charge on any atom is 0.246 e. The molecule has 2 aromatic carbocycles. The van der Waals surface area contributed by atoms with Crippen molar-refractivity contribution in [2.45, 2.75) is 40.0 Å². The van der Waals surface area contributed by atoms with E-state index in [1.165, 1.54) is 0 Å². The molecule has 35 heavy (non-hydrogen) atoms. The SMILES string of the molecule is COc1ccc(-c2cn(-c3ccc(C)cc3)c(NC(=O)CN(CC3CC3)C(=O)CC(C)C)n2)cc1. The van der Waals surface area contributed by atoms with E-state index in [4.69, 9.17) is 9.72 Å². The van der Waals surface area contributed by atoms with Gasteiger partial charge in [-0.15, -0.1) is 0 Å². The second-order valence-corrected chi connectivity index (χ2v) is 9.75. The number of nitrogens with zero attached hydrogens (tertiary/aromatic N) is 3. The van der Waals surface area contributed by atoms with Crippen molar-refractivity contribution >= 4 is 17.8 Å². The van der Waals surface area contributed by atoms with Crippen LogP contribution in [0.2, 0.25) is 0 Å². The Balaban J connectivity index is 1.58. The van der Waals surface area contributed by atoms with Crippen molar-refractivity contribution in [3.8, 4) is 22.7 Å². The van der Waals surface area contributed by atoms with E-state index < -0.39 is 0 Å². The molecule has 0 bridgehead atoms. The van der Waals surface area contributed by atoms with Crippen molar-refractivity contribution in [1.29, 1.82) is 0 Å². The van der Waals surface area contributed by atoms with Gasteiger partial charge in [0.25, 0.3) is 0 Å². The molecule has 1 N–H and O–H groups in total. The van der Waals surface area contributed by atoms with Gasteiger partial charge < -0.3 is 9.64 Å². The van der Waals surface area contributed by atoms with Crippen LogP contribution in [-0.4, -0.2) is 46.5 Å². The van der Waals surface area contributed by atoms with Gasteiger partial charge in [0, 0.05) is 30.4 Å². The van der Waals surface area contributed by atoms with E-state index in [0.717, 1.165) is 41.1 Å². The molecule has 1 aliphatic rings. The number of carbonyl (C=O) groups excluding carboxylic acids is 2. The van der Waals surface area contributed by atoms with Gasteiger partial charge in [-0.1, -0.05) is 31.5 Å². The number of rotatable bonds is 10. The van der Waals surface area contributed by atoms with Crippen molar-refractivity contribution in [2.75, 3.05) is 25.5 Å². The second-order valence-electron chi connectivity index (χ2n) is 9.75. The predicted molar refractivity (Wildman–Crippen MR) is 138 cm³/mol. The number of benzene rings is 2. The zero-order valence-electron chi connectivity index (χ0n) is 21.0. The Morgan fingerprint density at radius 2 is 1.80 bits per heavy atom. The molecular formula is C28H34N4O3. The highest BCUT2D eigenvalue weighted by atomic mass is 16.5. The molecule has 1 saturated carbocycles. The van der Waals surface area contributed by atoms with Crippen molar-refractivity contribution in [3.05, 3.63) is 60.3 Å². The third-order valence-corrected chi connectivity index (χ3v) is 6.10. The molecule has 1 heterocycles. The molecule has 1 fully saturated rings. The summed E-state index contributed by atoms with van der Waals surface area (Å²) in [5, 5.41) is 2.96. The minimum Gasteiger partial charge on any atom is -0.497 e. The minimum atomic E-state index is -0.247. The largest absolute Gasteiger partial charge is 0.497 e. The first-order chi connectivity index (χ1) is 16.8. The fraction of sp³-hybridized carbons (Fsp3) is 0.393. The highest BCUT2D eigenvalue weighted by molar-refractivity contribution is 5.94. The average Bonchev–Trinajstić information content (AvgIpc) is 3.56. The number of amides is 2. The van der Waals surface area contributed by atoms with E-state index in [1.54, 1.807) is 12.0 Å². The summed E-state index contributed by atoms with van der Waals surface area (Å²) in [5.41, 5.74) is 3.68. The zero-order valence-corrected chi connectivity index (χ0v) is 21.0. The number of methoxy groups -OCH3 is 1. The van der Waals surface area contributed by atoms with Gasteiger partial charge >= 0.3 is 0 Å². The molecule has 1 aromatic heterocycles. The Bertz CT molecular complexity index is 1160. The van der Waals surface area contributed by atoms with E-state index in [9.17, 15) is 9.59 Å². The maximum absolute atomic E-state index is 13.1. The van der Waals surface area contributed by atoms with Crippen LogP contribution >= 0.6 is 0 Å². The van der Waals surface area contributed by atoms with Crippen LogP contribution in [0.1, 0.15) is 38.7 Å². The molecular weight excluding hydrogens is 440 g/mol. The number of nitrogens with one attached hydrogen (secondary N) is 1. The quantitative estimate of drug-likeness (QED) is 0.445. The number of aromatic nitrogens is 2. The Morgan fingerprint density at radius 1 is 1.11 bits per heavy atom. The molecule has 1 aliphatic carbocycles. The topological polar surface area (TPSA) is 76.5 Å². The summed E-state index contributed by atoms with van der Waals surface area (Å²) in [6, 6.07) is 15.7. The first-order valence-electron chi connectivity index (χ1n) is 12.2. The molecule has 0 saturated heterocycles. The number of hydrogen-bond donors (Lipinski definition) is 1. The lowest BCUT2D eigenvalue weighted by molar-refractivity contribution is -0.135. The highest BCUT2D eigenvalue weighted by Crippen LogP contribution is 2.30. The lowest BCUT2D eigenvalue weighted by atomic mass is 10.1. The van der Waals surface area contributed by atoms with Gasteiger partial charge in [-0.25, -0.2) is 4.98 Å².